The number of benzene rings is 1. The van der Waals surface area contributed by atoms with Crippen LogP contribution in [0, 0.1) is 6.92 Å². The van der Waals surface area contributed by atoms with Gasteiger partial charge in [-0.3, -0.25) is 0 Å². The normalized spacial score (nSPS) is 13.2. The fourth-order valence-electron chi connectivity index (χ4n) is 2.19. The first-order valence-corrected chi connectivity index (χ1v) is 5.83. The van der Waals surface area contributed by atoms with Crippen LogP contribution in [-0.4, -0.2) is 15.6 Å². The van der Waals surface area contributed by atoms with Gasteiger partial charge in [-0.1, -0.05) is 6.07 Å². The maximum Gasteiger partial charge on any atom is 0.106 e. The summed E-state index contributed by atoms with van der Waals surface area (Å²) in [6.07, 6.45) is 0.911. The van der Waals surface area contributed by atoms with Gasteiger partial charge in [0.2, 0.25) is 0 Å². The van der Waals surface area contributed by atoms with Crippen molar-refractivity contribution in [2.24, 2.45) is 5.73 Å². The molecule has 16 heavy (non-hydrogen) atoms. The Kier molecular flexibility index (Phi) is 2.97. The molecule has 0 aliphatic rings. The van der Waals surface area contributed by atoms with Gasteiger partial charge in [0.25, 0.3) is 0 Å². The van der Waals surface area contributed by atoms with Crippen molar-refractivity contribution in [1.29, 1.82) is 0 Å². The van der Waals surface area contributed by atoms with Gasteiger partial charge < -0.3 is 10.3 Å². The van der Waals surface area contributed by atoms with E-state index in [2.05, 4.69) is 41.6 Å². The summed E-state index contributed by atoms with van der Waals surface area (Å²) in [6.45, 7) is 7.19. The summed E-state index contributed by atoms with van der Waals surface area (Å²) < 4.78 is 2.23. The number of rotatable bonds is 3. The third kappa shape index (κ3) is 1.95. The van der Waals surface area contributed by atoms with Crippen LogP contribution in [0.15, 0.2) is 18.2 Å². The molecule has 0 aliphatic carbocycles. The molecule has 0 fully saturated rings. The van der Waals surface area contributed by atoms with Crippen LogP contribution in [0.25, 0.3) is 11.0 Å². The van der Waals surface area contributed by atoms with E-state index < -0.39 is 0 Å². The topological polar surface area (TPSA) is 43.8 Å². The fourth-order valence-corrected chi connectivity index (χ4v) is 2.19. The van der Waals surface area contributed by atoms with Crippen LogP contribution in [0.5, 0.6) is 0 Å². The molecule has 0 saturated carbocycles. The summed E-state index contributed by atoms with van der Waals surface area (Å²) in [5.74, 6) is 1.08. The number of hydrogen-bond acceptors (Lipinski definition) is 2. The smallest absolute Gasteiger partial charge is 0.106 e. The molecule has 3 heteroatoms. The van der Waals surface area contributed by atoms with Gasteiger partial charge in [-0.05, 0) is 44.9 Å². The first-order valence-electron chi connectivity index (χ1n) is 5.83. The first kappa shape index (κ1) is 11.1. The third-order valence-electron chi connectivity index (χ3n) is 2.88. The standard InChI is InChI=1S/C13H19N3/c1-4-16-10(3)15-12-8-11(7-9(2)14)5-6-13(12)16/h5-6,8-9H,4,7,14H2,1-3H3. The Morgan fingerprint density at radius 1 is 1.44 bits per heavy atom. The molecule has 3 nitrogen and oxygen atoms in total. The van der Waals surface area contributed by atoms with Crippen molar-refractivity contribution in [3.8, 4) is 0 Å². The van der Waals surface area contributed by atoms with Crippen molar-refractivity contribution >= 4 is 11.0 Å². The Morgan fingerprint density at radius 3 is 2.81 bits per heavy atom. The highest BCUT2D eigenvalue weighted by Crippen LogP contribution is 2.18. The minimum absolute atomic E-state index is 0.201. The molecule has 2 aromatic rings. The van der Waals surface area contributed by atoms with Gasteiger partial charge in [0.15, 0.2) is 0 Å². The van der Waals surface area contributed by atoms with Gasteiger partial charge in [0.1, 0.15) is 5.82 Å². The fraction of sp³-hybridized carbons (Fsp3) is 0.462. The van der Waals surface area contributed by atoms with Crippen LogP contribution in [0.4, 0.5) is 0 Å². The molecule has 0 radical (unpaired) electrons. The largest absolute Gasteiger partial charge is 0.329 e. The summed E-state index contributed by atoms with van der Waals surface area (Å²) in [5.41, 5.74) is 9.37. The molecule has 1 aromatic heterocycles. The summed E-state index contributed by atoms with van der Waals surface area (Å²) in [4.78, 5) is 4.57. The molecule has 1 heterocycles. The van der Waals surface area contributed by atoms with Crippen LogP contribution in [0.1, 0.15) is 25.2 Å². The Morgan fingerprint density at radius 2 is 2.19 bits per heavy atom. The predicted octanol–water partition coefficient (Wildman–Crippen LogP) is 2.25. The first-order chi connectivity index (χ1) is 7.61. The van der Waals surface area contributed by atoms with E-state index in [9.17, 15) is 0 Å². The molecule has 0 bridgehead atoms. The molecule has 2 N–H and O–H groups in total. The minimum atomic E-state index is 0.201. The van der Waals surface area contributed by atoms with Gasteiger partial charge in [-0.15, -0.1) is 0 Å². The molecular weight excluding hydrogens is 198 g/mol. The van der Waals surface area contributed by atoms with Gasteiger partial charge in [-0.25, -0.2) is 4.98 Å². The monoisotopic (exact) mass is 217 g/mol. The predicted molar refractivity (Wildman–Crippen MR) is 67.5 cm³/mol. The molecule has 0 saturated heterocycles. The zero-order valence-corrected chi connectivity index (χ0v) is 10.2. The van der Waals surface area contributed by atoms with Crippen LogP contribution < -0.4 is 5.73 Å². The maximum absolute atomic E-state index is 5.80. The van der Waals surface area contributed by atoms with Gasteiger partial charge >= 0.3 is 0 Å². The van der Waals surface area contributed by atoms with Crippen molar-refractivity contribution in [1.82, 2.24) is 9.55 Å². The lowest BCUT2D eigenvalue weighted by atomic mass is 10.1. The second kappa shape index (κ2) is 4.26. The quantitative estimate of drug-likeness (QED) is 0.857. The summed E-state index contributed by atoms with van der Waals surface area (Å²) in [7, 11) is 0. The summed E-state index contributed by atoms with van der Waals surface area (Å²) in [5, 5.41) is 0. The van der Waals surface area contributed by atoms with Crippen molar-refractivity contribution in [2.45, 2.75) is 39.8 Å². The average Bonchev–Trinajstić information content (AvgIpc) is 2.51. The molecule has 0 amide bonds. The number of aryl methyl sites for hydroxylation is 2. The van der Waals surface area contributed by atoms with Gasteiger partial charge in [0, 0.05) is 12.6 Å². The van der Waals surface area contributed by atoms with E-state index in [-0.39, 0.29) is 6.04 Å². The number of fused-ring (bicyclic) bond motifs is 1. The van der Waals surface area contributed by atoms with Crippen LogP contribution in [0.3, 0.4) is 0 Å². The van der Waals surface area contributed by atoms with Crippen molar-refractivity contribution < 1.29 is 0 Å². The molecule has 2 rings (SSSR count). The number of nitrogens with zero attached hydrogens (tertiary/aromatic N) is 2. The lowest BCUT2D eigenvalue weighted by molar-refractivity contribution is 0.738. The Balaban J connectivity index is 2.47. The van der Waals surface area contributed by atoms with Crippen molar-refractivity contribution in [3.05, 3.63) is 29.6 Å². The molecule has 1 unspecified atom stereocenters. The van der Waals surface area contributed by atoms with E-state index in [0.29, 0.717) is 0 Å². The van der Waals surface area contributed by atoms with E-state index >= 15 is 0 Å². The second-order valence-corrected chi connectivity index (χ2v) is 4.41. The highest BCUT2D eigenvalue weighted by Gasteiger charge is 2.07. The number of aromatic nitrogens is 2. The van der Waals surface area contributed by atoms with Gasteiger partial charge in [0.05, 0.1) is 11.0 Å². The zero-order valence-electron chi connectivity index (χ0n) is 10.2. The van der Waals surface area contributed by atoms with Crippen LogP contribution in [0.2, 0.25) is 0 Å². The lowest BCUT2D eigenvalue weighted by Gasteiger charge is -2.05. The van der Waals surface area contributed by atoms with Crippen molar-refractivity contribution in [2.75, 3.05) is 0 Å². The summed E-state index contributed by atoms with van der Waals surface area (Å²) >= 11 is 0. The second-order valence-electron chi connectivity index (χ2n) is 4.41. The molecular formula is C13H19N3. The lowest BCUT2D eigenvalue weighted by Crippen LogP contribution is -2.17. The minimum Gasteiger partial charge on any atom is -0.329 e. The number of imidazole rings is 1. The molecule has 1 aromatic carbocycles. The molecule has 0 spiro atoms. The van der Waals surface area contributed by atoms with Crippen LogP contribution >= 0.6 is 0 Å². The number of hydrogen-bond donors (Lipinski definition) is 1. The molecule has 1 atom stereocenters. The van der Waals surface area contributed by atoms with Gasteiger partial charge in [-0.2, -0.15) is 0 Å². The maximum atomic E-state index is 5.80. The highest BCUT2D eigenvalue weighted by atomic mass is 15.1. The van der Waals surface area contributed by atoms with E-state index in [1.807, 2.05) is 6.92 Å². The zero-order chi connectivity index (χ0) is 11.7. The van der Waals surface area contributed by atoms with Crippen molar-refractivity contribution in [3.63, 3.8) is 0 Å². The Bertz CT molecular complexity index is 497. The van der Waals surface area contributed by atoms with E-state index in [0.717, 1.165) is 24.3 Å². The van der Waals surface area contributed by atoms with Crippen LogP contribution in [-0.2, 0) is 13.0 Å². The average molecular weight is 217 g/mol. The Hall–Kier alpha value is -1.35. The number of nitrogens with two attached hydrogens (primary N) is 1. The Labute approximate surface area is 96.3 Å². The SMILES string of the molecule is CCn1c(C)nc2cc(CC(C)N)ccc21. The third-order valence-corrected chi connectivity index (χ3v) is 2.88. The summed E-state index contributed by atoms with van der Waals surface area (Å²) in [6, 6.07) is 6.65. The van der Waals surface area contributed by atoms with E-state index in [1.54, 1.807) is 0 Å². The van der Waals surface area contributed by atoms with E-state index in [4.69, 9.17) is 5.73 Å². The van der Waals surface area contributed by atoms with E-state index in [1.165, 1.54) is 11.1 Å². The molecule has 0 aliphatic heterocycles. The highest BCUT2D eigenvalue weighted by molar-refractivity contribution is 5.76. The molecule has 86 valence electrons.